The molecule has 13 heavy (non-hydrogen) atoms. The fraction of sp³-hybridized carbons (Fsp3) is 0.636. The van der Waals surface area contributed by atoms with Gasteiger partial charge >= 0.3 is 0 Å². The molecule has 0 aromatic carbocycles. The number of hydrogen-bond donors (Lipinski definition) is 0. The molecule has 0 N–H and O–H groups in total. The van der Waals surface area contributed by atoms with Crippen LogP contribution in [0.1, 0.15) is 44.9 Å². The van der Waals surface area contributed by atoms with Crippen molar-refractivity contribution in [3.8, 4) is 0 Å². The first-order chi connectivity index (χ1) is 6.31. The Morgan fingerprint density at radius 2 is 1.69 bits per heavy atom. The number of aromatic nitrogens is 2. The topological polar surface area (TPSA) is 25.8 Å². The second-order valence-electron chi connectivity index (χ2n) is 4.19. The van der Waals surface area contributed by atoms with E-state index in [2.05, 4.69) is 16.9 Å². The van der Waals surface area contributed by atoms with Crippen LogP contribution >= 0.6 is 0 Å². The summed E-state index contributed by atoms with van der Waals surface area (Å²) in [6, 6.07) is 1.88. The van der Waals surface area contributed by atoms with E-state index in [1.165, 1.54) is 32.1 Å². The van der Waals surface area contributed by atoms with Crippen LogP contribution in [0, 0.1) is 0 Å². The Balaban J connectivity index is 2.23. The van der Waals surface area contributed by atoms with Crippen LogP contribution in [-0.2, 0) is 5.41 Å². The van der Waals surface area contributed by atoms with Crippen molar-refractivity contribution in [1.82, 2.24) is 9.97 Å². The van der Waals surface area contributed by atoms with Crippen molar-refractivity contribution >= 4 is 0 Å². The largest absolute Gasteiger partial charge is 0.241 e. The average Bonchev–Trinajstić information content (AvgIpc) is 2.20. The molecule has 1 aromatic heterocycles. The molecule has 1 heterocycles. The highest BCUT2D eigenvalue weighted by Crippen LogP contribution is 2.36. The second kappa shape index (κ2) is 3.44. The van der Waals surface area contributed by atoms with E-state index in [1.807, 2.05) is 18.5 Å². The molecule has 2 nitrogen and oxygen atoms in total. The van der Waals surface area contributed by atoms with Crippen LogP contribution in [0.3, 0.4) is 0 Å². The Morgan fingerprint density at radius 3 is 2.31 bits per heavy atom. The number of rotatable bonds is 1. The summed E-state index contributed by atoms with van der Waals surface area (Å²) in [5.74, 6) is 1.04. The maximum atomic E-state index is 4.36. The van der Waals surface area contributed by atoms with Crippen LogP contribution in [0.25, 0.3) is 0 Å². The molecule has 1 saturated carbocycles. The molecule has 2 heteroatoms. The van der Waals surface area contributed by atoms with Crippen LogP contribution < -0.4 is 0 Å². The lowest BCUT2D eigenvalue weighted by molar-refractivity contribution is 0.304. The van der Waals surface area contributed by atoms with Gasteiger partial charge in [-0.2, -0.15) is 0 Å². The summed E-state index contributed by atoms with van der Waals surface area (Å²) in [6.45, 7) is 2.29. The summed E-state index contributed by atoms with van der Waals surface area (Å²) >= 11 is 0. The van der Waals surface area contributed by atoms with Crippen molar-refractivity contribution in [2.24, 2.45) is 0 Å². The van der Waals surface area contributed by atoms with Gasteiger partial charge in [0.2, 0.25) is 0 Å². The maximum Gasteiger partial charge on any atom is 0.134 e. The fourth-order valence-electron chi connectivity index (χ4n) is 2.17. The third kappa shape index (κ3) is 1.71. The third-order valence-electron chi connectivity index (χ3n) is 3.06. The standard InChI is InChI=1S/C11H16N2/c1-11(6-3-2-4-7-11)10-12-8-5-9-13-10/h5,8-9H,2-4,6-7H2,1H3. The lowest BCUT2D eigenvalue weighted by atomic mass is 9.75. The van der Waals surface area contributed by atoms with Crippen LogP contribution in [0.5, 0.6) is 0 Å². The summed E-state index contributed by atoms with van der Waals surface area (Å²) in [5, 5.41) is 0. The van der Waals surface area contributed by atoms with E-state index in [0.29, 0.717) is 0 Å². The van der Waals surface area contributed by atoms with Gasteiger partial charge in [-0.25, -0.2) is 9.97 Å². The zero-order chi connectivity index (χ0) is 9.15. The molecule has 0 unspecified atom stereocenters. The molecule has 1 fully saturated rings. The quantitative estimate of drug-likeness (QED) is 0.657. The van der Waals surface area contributed by atoms with E-state index >= 15 is 0 Å². The zero-order valence-corrected chi connectivity index (χ0v) is 8.16. The monoisotopic (exact) mass is 176 g/mol. The minimum Gasteiger partial charge on any atom is -0.241 e. The van der Waals surface area contributed by atoms with E-state index in [0.717, 1.165) is 5.82 Å². The van der Waals surface area contributed by atoms with E-state index in [1.54, 1.807) is 0 Å². The zero-order valence-electron chi connectivity index (χ0n) is 8.16. The van der Waals surface area contributed by atoms with Gasteiger partial charge in [0, 0.05) is 17.8 Å². The van der Waals surface area contributed by atoms with Gasteiger partial charge in [0.25, 0.3) is 0 Å². The van der Waals surface area contributed by atoms with Crippen molar-refractivity contribution < 1.29 is 0 Å². The Morgan fingerprint density at radius 1 is 1.08 bits per heavy atom. The minimum atomic E-state index is 0.250. The van der Waals surface area contributed by atoms with Gasteiger partial charge in [0.05, 0.1) is 0 Å². The van der Waals surface area contributed by atoms with Crippen molar-refractivity contribution in [2.45, 2.75) is 44.4 Å². The lowest BCUT2D eigenvalue weighted by Crippen LogP contribution is -2.27. The fourth-order valence-corrected chi connectivity index (χ4v) is 2.17. The molecule has 1 aliphatic rings. The van der Waals surface area contributed by atoms with Gasteiger partial charge in [-0.1, -0.05) is 26.2 Å². The first kappa shape index (κ1) is 8.67. The molecule has 0 spiro atoms. The SMILES string of the molecule is CC1(c2ncccn2)CCCCC1. The number of nitrogens with zero attached hydrogens (tertiary/aromatic N) is 2. The highest BCUT2D eigenvalue weighted by molar-refractivity contribution is 5.06. The van der Waals surface area contributed by atoms with Crippen molar-refractivity contribution in [2.75, 3.05) is 0 Å². The molecule has 0 aliphatic heterocycles. The highest BCUT2D eigenvalue weighted by Gasteiger charge is 2.30. The van der Waals surface area contributed by atoms with Gasteiger partial charge in [0.15, 0.2) is 0 Å². The van der Waals surface area contributed by atoms with Gasteiger partial charge < -0.3 is 0 Å². The van der Waals surface area contributed by atoms with Crippen LogP contribution in [0.2, 0.25) is 0 Å². The number of hydrogen-bond acceptors (Lipinski definition) is 2. The maximum absolute atomic E-state index is 4.36. The van der Waals surface area contributed by atoms with E-state index in [9.17, 15) is 0 Å². The van der Waals surface area contributed by atoms with Crippen LogP contribution in [-0.4, -0.2) is 9.97 Å². The summed E-state index contributed by atoms with van der Waals surface area (Å²) in [6.07, 6.45) is 10.2. The molecule has 0 radical (unpaired) electrons. The molecular weight excluding hydrogens is 160 g/mol. The van der Waals surface area contributed by atoms with Gasteiger partial charge in [0.1, 0.15) is 5.82 Å². The average molecular weight is 176 g/mol. The summed E-state index contributed by atoms with van der Waals surface area (Å²) in [7, 11) is 0. The molecule has 0 bridgehead atoms. The summed E-state index contributed by atoms with van der Waals surface area (Å²) in [4.78, 5) is 8.73. The predicted octanol–water partition coefficient (Wildman–Crippen LogP) is 2.70. The van der Waals surface area contributed by atoms with Gasteiger partial charge in [-0.3, -0.25) is 0 Å². The Kier molecular flexibility index (Phi) is 2.30. The molecule has 2 rings (SSSR count). The smallest absolute Gasteiger partial charge is 0.134 e. The van der Waals surface area contributed by atoms with Crippen molar-refractivity contribution in [1.29, 1.82) is 0 Å². The Labute approximate surface area is 79.4 Å². The molecule has 70 valence electrons. The Hall–Kier alpha value is -0.920. The van der Waals surface area contributed by atoms with E-state index in [4.69, 9.17) is 0 Å². The van der Waals surface area contributed by atoms with E-state index in [-0.39, 0.29) is 5.41 Å². The molecular formula is C11H16N2. The molecule has 0 amide bonds. The Bertz CT molecular complexity index is 263. The third-order valence-corrected chi connectivity index (χ3v) is 3.06. The summed E-state index contributed by atoms with van der Waals surface area (Å²) in [5.41, 5.74) is 0.250. The van der Waals surface area contributed by atoms with Crippen LogP contribution in [0.15, 0.2) is 18.5 Å². The van der Waals surface area contributed by atoms with E-state index < -0.39 is 0 Å². The van der Waals surface area contributed by atoms with Gasteiger partial charge in [-0.15, -0.1) is 0 Å². The second-order valence-corrected chi connectivity index (χ2v) is 4.19. The minimum absolute atomic E-state index is 0.250. The highest BCUT2D eigenvalue weighted by atomic mass is 14.9. The summed E-state index contributed by atoms with van der Waals surface area (Å²) < 4.78 is 0. The lowest BCUT2D eigenvalue weighted by Gasteiger charge is -2.31. The van der Waals surface area contributed by atoms with Crippen molar-refractivity contribution in [3.63, 3.8) is 0 Å². The molecule has 0 saturated heterocycles. The van der Waals surface area contributed by atoms with Gasteiger partial charge in [-0.05, 0) is 18.9 Å². The molecule has 1 aromatic rings. The van der Waals surface area contributed by atoms with Crippen molar-refractivity contribution in [3.05, 3.63) is 24.3 Å². The molecule has 1 aliphatic carbocycles. The first-order valence-electron chi connectivity index (χ1n) is 5.09. The molecule has 0 atom stereocenters. The van der Waals surface area contributed by atoms with Crippen LogP contribution in [0.4, 0.5) is 0 Å². The normalized spacial score (nSPS) is 21.3. The predicted molar refractivity (Wildman–Crippen MR) is 52.5 cm³/mol. The first-order valence-corrected chi connectivity index (χ1v) is 5.09.